The summed E-state index contributed by atoms with van der Waals surface area (Å²) >= 11 is 0. The lowest BCUT2D eigenvalue weighted by Gasteiger charge is -2.32. The van der Waals surface area contributed by atoms with Crippen LogP contribution in [0.25, 0.3) is 44.6 Å². The first-order valence-electron chi connectivity index (χ1n) is 22.6. The van der Waals surface area contributed by atoms with Crippen molar-refractivity contribution in [1.82, 2.24) is 0 Å². The molecule has 9 aromatic rings. The first-order chi connectivity index (χ1) is 32.6. The van der Waals surface area contributed by atoms with Crippen LogP contribution in [0.15, 0.2) is 267 Å². The van der Waals surface area contributed by atoms with E-state index in [1.807, 2.05) is 146 Å². The predicted molar refractivity (Wildman–Crippen MR) is 273 cm³/mol. The van der Waals surface area contributed by atoms with Crippen LogP contribution >= 0.6 is 0 Å². The fraction of sp³-hybridized carbons (Fsp3) is 0.0312. The van der Waals surface area contributed by atoms with Gasteiger partial charge in [0.25, 0.3) is 0 Å². The first kappa shape index (κ1) is 40.6. The van der Waals surface area contributed by atoms with Crippen molar-refractivity contribution in [3.05, 3.63) is 323 Å². The summed E-state index contributed by atoms with van der Waals surface area (Å²) in [5, 5.41) is 28.2. The number of rotatable bonds is 10. The maximum atomic E-state index is 14.1. The maximum Gasteiger partial charge on any atom is 0.142 e. The van der Waals surface area contributed by atoms with Crippen molar-refractivity contribution < 1.29 is 10.2 Å². The second kappa shape index (κ2) is 17.1. The van der Waals surface area contributed by atoms with Gasteiger partial charge in [0.15, 0.2) is 0 Å². The lowest BCUT2D eigenvalue weighted by Crippen LogP contribution is -2.27. The lowest BCUT2D eigenvalue weighted by molar-refractivity contribution is 0.167. The summed E-state index contributed by atoms with van der Waals surface area (Å²) in [5.41, 5.74) is 13.0. The fourth-order valence-electron chi connectivity index (χ4n) is 10.4. The summed E-state index contributed by atoms with van der Waals surface area (Å²) in [4.78, 5) is 0. The molecule has 0 bridgehead atoms. The van der Waals surface area contributed by atoms with Gasteiger partial charge in [0, 0.05) is 22.3 Å². The van der Waals surface area contributed by atoms with Gasteiger partial charge >= 0.3 is 0 Å². The van der Waals surface area contributed by atoms with Gasteiger partial charge in [-0.1, -0.05) is 261 Å². The van der Waals surface area contributed by atoms with Crippen molar-refractivity contribution in [3.8, 4) is 0 Å². The third-order valence-electron chi connectivity index (χ3n) is 13.1. The van der Waals surface area contributed by atoms with Gasteiger partial charge < -0.3 is 10.2 Å². The molecule has 0 fully saturated rings. The van der Waals surface area contributed by atoms with Crippen molar-refractivity contribution in [2.45, 2.75) is 11.2 Å². The Bertz CT molecular complexity index is 3080. The summed E-state index contributed by atoms with van der Waals surface area (Å²) in [5.74, 6) is 0. The maximum absolute atomic E-state index is 14.1. The first-order valence-corrected chi connectivity index (χ1v) is 22.6. The fourth-order valence-corrected chi connectivity index (χ4v) is 10.4. The van der Waals surface area contributed by atoms with Gasteiger partial charge in [0.2, 0.25) is 0 Å². The molecule has 66 heavy (non-hydrogen) atoms. The van der Waals surface area contributed by atoms with Crippen LogP contribution in [0.4, 0.5) is 0 Å². The molecule has 0 aliphatic heterocycles. The Morgan fingerprint density at radius 3 is 0.652 bits per heavy atom. The number of benzene rings is 9. The van der Waals surface area contributed by atoms with E-state index >= 15 is 0 Å². The van der Waals surface area contributed by atoms with E-state index < -0.39 is 11.2 Å². The molecule has 2 nitrogen and oxygen atoms in total. The molecule has 2 aliphatic carbocycles. The second-order valence-electron chi connectivity index (χ2n) is 16.9. The quantitative estimate of drug-likeness (QED) is 0.144. The Hall–Kier alpha value is -8.14. The molecule has 2 atom stereocenters. The van der Waals surface area contributed by atoms with E-state index in [1.165, 1.54) is 0 Å². The van der Waals surface area contributed by atoms with E-state index in [-0.39, 0.29) is 0 Å². The minimum Gasteiger partial charge on any atom is -0.376 e. The number of allylic oxidation sites excluding steroid dienone is 4. The number of hydrogen-bond donors (Lipinski definition) is 2. The molecule has 9 aromatic carbocycles. The average molecular weight is 847 g/mol. The summed E-state index contributed by atoms with van der Waals surface area (Å²) in [6.07, 6.45) is 0. The molecular formula is C64H46O2. The highest BCUT2D eigenvalue weighted by Crippen LogP contribution is 2.63. The Labute approximate surface area is 386 Å². The Balaban J connectivity index is 1.29. The normalized spacial score (nSPS) is 18.3. The lowest BCUT2D eigenvalue weighted by atomic mass is 9.76. The van der Waals surface area contributed by atoms with Gasteiger partial charge in [-0.2, -0.15) is 0 Å². The Kier molecular flexibility index (Phi) is 10.5. The molecule has 0 amide bonds. The predicted octanol–water partition coefficient (Wildman–Crippen LogP) is 14.5. The van der Waals surface area contributed by atoms with Crippen molar-refractivity contribution in [3.63, 3.8) is 0 Å². The van der Waals surface area contributed by atoms with Crippen LogP contribution in [-0.2, 0) is 11.2 Å². The monoisotopic (exact) mass is 846 g/mol. The van der Waals surface area contributed by atoms with E-state index in [0.717, 1.165) is 100 Å². The smallest absolute Gasteiger partial charge is 0.142 e. The van der Waals surface area contributed by atoms with E-state index in [9.17, 15) is 10.2 Å². The molecule has 11 rings (SSSR count). The zero-order chi connectivity index (χ0) is 44.5. The zero-order valence-electron chi connectivity index (χ0n) is 36.3. The minimum absolute atomic E-state index is 0.780. The van der Waals surface area contributed by atoms with Crippen molar-refractivity contribution in [2.24, 2.45) is 0 Å². The van der Waals surface area contributed by atoms with Gasteiger partial charge in [0.1, 0.15) is 11.2 Å². The van der Waals surface area contributed by atoms with Gasteiger partial charge in [-0.15, -0.1) is 0 Å². The molecule has 0 saturated heterocycles. The highest BCUT2D eigenvalue weighted by molar-refractivity contribution is 6.33. The zero-order valence-corrected chi connectivity index (χ0v) is 36.3. The third-order valence-corrected chi connectivity index (χ3v) is 13.1. The standard InChI is InChI=1S/C64H46O2/c65-63(53-40-21-7-22-41-53)59(47-30-13-3-14-31-47)55(45-26-9-1-10-27-45)57(61(63)49-34-17-5-18-35-49)51-38-25-39-52(44-51)58-56(46-28-11-2-12-29-46)60(48-32-15-4-16-33-48)64(66,54-42-23-8-24-43-54)62(58)50-36-19-6-20-37-50/h1-44,65-66H. The Morgan fingerprint density at radius 2 is 0.394 bits per heavy atom. The molecule has 2 N–H and O–H groups in total. The number of aliphatic hydroxyl groups is 2. The van der Waals surface area contributed by atoms with Gasteiger partial charge in [-0.25, -0.2) is 0 Å². The highest BCUT2D eigenvalue weighted by atomic mass is 16.3. The third kappa shape index (κ3) is 6.75. The molecular weight excluding hydrogens is 801 g/mol. The summed E-state index contributed by atoms with van der Waals surface area (Å²) < 4.78 is 0. The van der Waals surface area contributed by atoms with Crippen LogP contribution in [0.3, 0.4) is 0 Å². The van der Waals surface area contributed by atoms with E-state index in [4.69, 9.17) is 0 Å². The molecule has 0 spiro atoms. The largest absolute Gasteiger partial charge is 0.376 e. The van der Waals surface area contributed by atoms with Crippen molar-refractivity contribution in [2.75, 3.05) is 0 Å². The van der Waals surface area contributed by atoms with Crippen molar-refractivity contribution >= 4 is 44.6 Å². The minimum atomic E-state index is -1.56. The molecule has 0 saturated carbocycles. The van der Waals surface area contributed by atoms with Crippen LogP contribution in [0.2, 0.25) is 0 Å². The average Bonchev–Trinajstić information content (AvgIpc) is 3.85. The molecule has 2 aliphatic rings. The van der Waals surface area contributed by atoms with Crippen LogP contribution in [0.5, 0.6) is 0 Å². The molecule has 314 valence electrons. The van der Waals surface area contributed by atoms with Crippen LogP contribution in [-0.4, -0.2) is 10.2 Å². The topological polar surface area (TPSA) is 40.5 Å². The van der Waals surface area contributed by atoms with E-state index in [0.29, 0.717) is 0 Å². The van der Waals surface area contributed by atoms with Crippen molar-refractivity contribution in [1.29, 1.82) is 0 Å². The molecule has 2 heteroatoms. The molecule has 0 aromatic heterocycles. The van der Waals surface area contributed by atoms with Gasteiger partial charge in [-0.3, -0.25) is 0 Å². The van der Waals surface area contributed by atoms with Gasteiger partial charge in [-0.05, 0) is 84.0 Å². The summed E-state index contributed by atoms with van der Waals surface area (Å²) in [6.45, 7) is 0. The molecule has 0 heterocycles. The number of hydrogen-bond acceptors (Lipinski definition) is 2. The van der Waals surface area contributed by atoms with Crippen LogP contribution in [0.1, 0.15) is 55.6 Å². The van der Waals surface area contributed by atoms with Crippen LogP contribution < -0.4 is 0 Å². The second-order valence-corrected chi connectivity index (χ2v) is 16.9. The van der Waals surface area contributed by atoms with E-state index in [2.05, 4.69) is 121 Å². The van der Waals surface area contributed by atoms with Crippen LogP contribution in [0, 0.1) is 0 Å². The van der Waals surface area contributed by atoms with E-state index in [1.54, 1.807) is 0 Å². The summed E-state index contributed by atoms with van der Waals surface area (Å²) in [7, 11) is 0. The highest BCUT2D eigenvalue weighted by Gasteiger charge is 2.50. The Morgan fingerprint density at radius 1 is 0.197 bits per heavy atom. The SMILES string of the molecule is OC1(c2ccccc2)C(c2ccccc2)=C(c2ccccc2)C(c2cccc(C3=C(c4ccccc4)C(O)(c4ccccc4)C(c4ccccc4)=C3c3ccccc3)c2)=C1c1ccccc1. The molecule has 0 radical (unpaired) electrons. The molecule has 2 unspecified atom stereocenters. The summed E-state index contributed by atoms with van der Waals surface area (Å²) in [6, 6.07) is 91.3. The van der Waals surface area contributed by atoms with Gasteiger partial charge in [0.05, 0.1) is 0 Å².